The molecule has 0 bridgehead atoms. The maximum atomic E-state index is 5.21. The zero-order chi connectivity index (χ0) is 21.8. The van der Waals surface area contributed by atoms with Crippen LogP contribution in [-0.2, 0) is 18.3 Å². The van der Waals surface area contributed by atoms with Crippen molar-refractivity contribution < 1.29 is 0 Å². The fourth-order valence-electron chi connectivity index (χ4n) is 5.27. The molecule has 1 atom stereocenters. The van der Waals surface area contributed by atoms with Crippen LogP contribution >= 0.6 is 15.9 Å². The number of fused-ring (bicyclic) bond motifs is 6. The maximum absolute atomic E-state index is 5.21. The summed E-state index contributed by atoms with van der Waals surface area (Å²) < 4.78 is 1.10. The molecular formula is C26H27BrN4. The summed E-state index contributed by atoms with van der Waals surface area (Å²) in [6.07, 6.45) is 4.61. The van der Waals surface area contributed by atoms with Gasteiger partial charge in [-0.1, -0.05) is 54.0 Å². The normalized spacial score (nSPS) is 19.6. The summed E-state index contributed by atoms with van der Waals surface area (Å²) >= 11 is 3.68. The SMILES string of the molecule is C=C.CC1(C)c2ccc(Br)cc2N2c3nc4c(nc3N(c3ccccc3)C21)CCCC4. The molecule has 31 heavy (non-hydrogen) atoms. The van der Waals surface area contributed by atoms with Gasteiger partial charge < -0.3 is 9.80 Å². The Morgan fingerprint density at radius 3 is 2.16 bits per heavy atom. The first kappa shape index (κ1) is 20.3. The number of anilines is 4. The summed E-state index contributed by atoms with van der Waals surface area (Å²) in [7, 11) is 0. The van der Waals surface area contributed by atoms with Crippen LogP contribution in [0.3, 0.4) is 0 Å². The third-order valence-corrected chi connectivity index (χ3v) is 7.12. The van der Waals surface area contributed by atoms with Gasteiger partial charge in [-0.15, -0.1) is 13.2 Å². The van der Waals surface area contributed by atoms with Crippen LogP contribution in [0.25, 0.3) is 0 Å². The van der Waals surface area contributed by atoms with Crippen LogP contribution < -0.4 is 9.80 Å². The van der Waals surface area contributed by atoms with Crippen molar-refractivity contribution in [3.63, 3.8) is 0 Å². The Labute approximate surface area is 192 Å². The number of benzene rings is 2. The number of halogens is 1. The van der Waals surface area contributed by atoms with Gasteiger partial charge in [0.05, 0.1) is 11.4 Å². The van der Waals surface area contributed by atoms with E-state index in [1.54, 1.807) is 0 Å². The third-order valence-electron chi connectivity index (χ3n) is 6.63. The van der Waals surface area contributed by atoms with Crippen LogP contribution in [0.15, 0.2) is 66.2 Å². The number of hydrogen-bond donors (Lipinski definition) is 0. The van der Waals surface area contributed by atoms with Crippen molar-refractivity contribution in [3.05, 3.63) is 83.1 Å². The van der Waals surface area contributed by atoms with Gasteiger partial charge in [-0.05, 0) is 55.5 Å². The number of para-hydroxylation sites is 1. The number of rotatable bonds is 1. The van der Waals surface area contributed by atoms with E-state index in [0.717, 1.165) is 29.0 Å². The van der Waals surface area contributed by atoms with Crippen molar-refractivity contribution in [1.29, 1.82) is 0 Å². The lowest BCUT2D eigenvalue weighted by atomic mass is 9.83. The van der Waals surface area contributed by atoms with Crippen molar-refractivity contribution in [3.8, 4) is 0 Å². The minimum Gasteiger partial charge on any atom is -0.301 e. The molecule has 0 fully saturated rings. The van der Waals surface area contributed by atoms with Crippen molar-refractivity contribution >= 4 is 38.9 Å². The van der Waals surface area contributed by atoms with Crippen LogP contribution in [-0.4, -0.2) is 16.1 Å². The summed E-state index contributed by atoms with van der Waals surface area (Å²) in [5, 5.41) is 0. The van der Waals surface area contributed by atoms with Crippen molar-refractivity contribution in [2.24, 2.45) is 0 Å². The highest BCUT2D eigenvalue weighted by atomic mass is 79.9. The minimum absolute atomic E-state index is 0.0746. The first-order valence-electron chi connectivity index (χ1n) is 10.9. The fraction of sp³-hybridized carbons (Fsp3) is 0.308. The van der Waals surface area contributed by atoms with Gasteiger partial charge in [-0.2, -0.15) is 0 Å². The molecule has 0 saturated carbocycles. The van der Waals surface area contributed by atoms with E-state index in [4.69, 9.17) is 9.97 Å². The molecule has 1 unspecified atom stereocenters. The van der Waals surface area contributed by atoms with Gasteiger partial charge in [0.15, 0.2) is 11.6 Å². The maximum Gasteiger partial charge on any atom is 0.178 e. The molecule has 3 aromatic rings. The van der Waals surface area contributed by atoms with Crippen molar-refractivity contribution in [2.45, 2.75) is 51.1 Å². The molecule has 1 aliphatic carbocycles. The third kappa shape index (κ3) is 2.93. The standard InChI is InChI=1S/C24H23BrN4.C2H4/c1-24(2)17-13-12-15(25)14-20(17)29-22-21(26-18-10-6-7-11-19(18)27-22)28(23(24)29)16-8-4-3-5-9-16;1-2/h3-5,8-9,12-14,23H,6-7,10-11H2,1-2H3;1-2H2. The molecular weight excluding hydrogens is 448 g/mol. The zero-order valence-electron chi connectivity index (χ0n) is 18.1. The summed E-state index contributed by atoms with van der Waals surface area (Å²) in [6.45, 7) is 10.7. The Morgan fingerprint density at radius 1 is 0.903 bits per heavy atom. The van der Waals surface area contributed by atoms with E-state index in [9.17, 15) is 0 Å². The predicted octanol–water partition coefficient (Wildman–Crippen LogP) is 6.83. The van der Waals surface area contributed by atoms with Gasteiger partial charge in [0.25, 0.3) is 0 Å². The van der Waals surface area contributed by atoms with Crippen LogP contribution in [0.2, 0.25) is 0 Å². The van der Waals surface area contributed by atoms with E-state index >= 15 is 0 Å². The van der Waals surface area contributed by atoms with Crippen molar-refractivity contribution in [1.82, 2.24) is 9.97 Å². The molecule has 3 aliphatic rings. The second kappa shape index (κ2) is 7.49. The summed E-state index contributed by atoms with van der Waals surface area (Å²) in [5.41, 5.74) is 6.06. The first-order chi connectivity index (χ1) is 15.1. The number of nitrogens with zero attached hydrogens (tertiary/aromatic N) is 4. The molecule has 2 aliphatic heterocycles. The van der Waals surface area contributed by atoms with Gasteiger partial charge in [-0.3, -0.25) is 0 Å². The predicted molar refractivity (Wildman–Crippen MR) is 132 cm³/mol. The summed E-state index contributed by atoms with van der Waals surface area (Å²) in [5.74, 6) is 2.00. The average molecular weight is 475 g/mol. The van der Waals surface area contributed by atoms with E-state index in [1.807, 2.05) is 0 Å². The molecule has 1 aromatic heterocycles. The molecule has 0 spiro atoms. The fourth-order valence-corrected chi connectivity index (χ4v) is 5.62. The molecule has 0 radical (unpaired) electrons. The molecule has 5 heteroatoms. The number of aryl methyl sites for hydroxylation is 2. The molecule has 0 N–H and O–H groups in total. The smallest absolute Gasteiger partial charge is 0.178 e. The monoisotopic (exact) mass is 474 g/mol. The van der Waals surface area contributed by atoms with Gasteiger partial charge >= 0.3 is 0 Å². The molecule has 3 heterocycles. The van der Waals surface area contributed by atoms with Gasteiger partial charge in [0.2, 0.25) is 0 Å². The Bertz CT molecular complexity index is 1140. The zero-order valence-corrected chi connectivity index (χ0v) is 19.7. The highest BCUT2D eigenvalue weighted by Crippen LogP contribution is 2.58. The van der Waals surface area contributed by atoms with E-state index in [-0.39, 0.29) is 11.6 Å². The summed E-state index contributed by atoms with van der Waals surface area (Å²) in [4.78, 5) is 15.2. The Balaban J connectivity index is 0.000000994. The van der Waals surface area contributed by atoms with E-state index < -0.39 is 0 Å². The van der Waals surface area contributed by atoms with Crippen LogP contribution in [0.5, 0.6) is 0 Å². The highest BCUT2D eigenvalue weighted by molar-refractivity contribution is 9.10. The van der Waals surface area contributed by atoms with Gasteiger partial charge in [0, 0.05) is 21.3 Å². The highest BCUT2D eigenvalue weighted by Gasteiger charge is 2.55. The molecule has 0 saturated heterocycles. The van der Waals surface area contributed by atoms with E-state index in [2.05, 4.69) is 101 Å². The Morgan fingerprint density at radius 2 is 1.52 bits per heavy atom. The molecule has 6 rings (SSSR count). The van der Waals surface area contributed by atoms with Crippen LogP contribution in [0, 0.1) is 0 Å². The molecule has 2 aromatic carbocycles. The quantitative estimate of drug-likeness (QED) is 0.361. The van der Waals surface area contributed by atoms with Crippen molar-refractivity contribution in [2.75, 3.05) is 9.80 Å². The van der Waals surface area contributed by atoms with E-state index in [1.165, 1.54) is 41.2 Å². The minimum atomic E-state index is -0.0746. The number of hydrogen-bond acceptors (Lipinski definition) is 4. The van der Waals surface area contributed by atoms with E-state index in [0.29, 0.717) is 0 Å². The molecule has 158 valence electrons. The molecule has 0 amide bonds. The Hall–Kier alpha value is -2.66. The first-order valence-corrected chi connectivity index (χ1v) is 11.7. The second-order valence-electron chi connectivity index (χ2n) is 8.80. The lowest BCUT2D eigenvalue weighted by Crippen LogP contribution is -2.46. The second-order valence-corrected chi connectivity index (χ2v) is 9.72. The molecule has 4 nitrogen and oxygen atoms in total. The topological polar surface area (TPSA) is 32.3 Å². The largest absolute Gasteiger partial charge is 0.301 e. The number of aromatic nitrogens is 2. The summed E-state index contributed by atoms with van der Waals surface area (Å²) in [6, 6.07) is 17.3. The average Bonchev–Trinajstić information content (AvgIpc) is 3.24. The van der Waals surface area contributed by atoms with Crippen LogP contribution in [0.4, 0.5) is 23.0 Å². The van der Waals surface area contributed by atoms with Crippen LogP contribution in [0.1, 0.15) is 43.6 Å². The lowest BCUT2D eigenvalue weighted by Gasteiger charge is -2.36. The Kier molecular flexibility index (Phi) is 4.89. The van der Waals surface area contributed by atoms with Gasteiger partial charge in [0.1, 0.15) is 6.17 Å². The lowest BCUT2D eigenvalue weighted by molar-refractivity contribution is 0.449. The van der Waals surface area contributed by atoms with Gasteiger partial charge in [-0.25, -0.2) is 9.97 Å².